The highest BCUT2D eigenvalue weighted by molar-refractivity contribution is 6.57. The second kappa shape index (κ2) is 7.66. The molecule has 5 N–H and O–H groups in total. The first kappa shape index (κ1) is 18.5. The van der Waals surface area contributed by atoms with Gasteiger partial charge in [-0.05, 0) is 23.8 Å². The SMILES string of the molecule is NC(=O)c1cccc2c(-c3nc(NCc4ccccc4)cc(B(O)O)n3)nnn12. The van der Waals surface area contributed by atoms with E-state index in [2.05, 4.69) is 25.6 Å². The van der Waals surface area contributed by atoms with Gasteiger partial charge in [0, 0.05) is 6.54 Å². The smallest absolute Gasteiger partial charge is 0.422 e. The zero-order valence-corrected chi connectivity index (χ0v) is 15.1. The Morgan fingerprint density at radius 3 is 2.62 bits per heavy atom. The van der Waals surface area contributed by atoms with E-state index in [0.29, 0.717) is 17.9 Å². The molecule has 1 aromatic carbocycles. The first-order chi connectivity index (χ1) is 14.0. The maximum atomic E-state index is 11.6. The molecule has 0 atom stereocenters. The molecule has 0 aliphatic heterocycles. The van der Waals surface area contributed by atoms with Crippen LogP contribution in [0.15, 0.2) is 54.6 Å². The van der Waals surface area contributed by atoms with Crippen LogP contribution in [0.3, 0.4) is 0 Å². The highest BCUT2D eigenvalue weighted by atomic mass is 16.4. The van der Waals surface area contributed by atoms with Crippen molar-refractivity contribution >= 4 is 30.0 Å². The van der Waals surface area contributed by atoms with Gasteiger partial charge >= 0.3 is 7.12 Å². The van der Waals surface area contributed by atoms with Gasteiger partial charge in [0.25, 0.3) is 5.91 Å². The van der Waals surface area contributed by atoms with Crippen molar-refractivity contribution in [3.05, 3.63) is 65.9 Å². The van der Waals surface area contributed by atoms with Crippen molar-refractivity contribution in [1.29, 1.82) is 0 Å². The number of hydrogen-bond acceptors (Lipinski definition) is 8. The number of nitrogens with two attached hydrogens (primary N) is 1. The van der Waals surface area contributed by atoms with Gasteiger partial charge in [-0.1, -0.05) is 41.6 Å². The highest BCUT2D eigenvalue weighted by Gasteiger charge is 2.21. The second-order valence-corrected chi connectivity index (χ2v) is 6.22. The molecule has 0 saturated heterocycles. The summed E-state index contributed by atoms with van der Waals surface area (Å²) in [5.74, 6) is -0.144. The number of carbonyl (C=O) groups excluding carboxylic acids is 1. The third-order valence-corrected chi connectivity index (χ3v) is 4.23. The molecule has 0 unspecified atom stereocenters. The average Bonchev–Trinajstić information content (AvgIpc) is 3.17. The number of pyridine rings is 1. The average molecular weight is 389 g/mol. The molecule has 0 fully saturated rings. The van der Waals surface area contributed by atoms with Gasteiger partial charge in [0.2, 0.25) is 0 Å². The van der Waals surface area contributed by atoms with Crippen molar-refractivity contribution in [2.75, 3.05) is 5.32 Å². The number of rotatable bonds is 6. The molecule has 0 radical (unpaired) electrons. The van der Waals surface area contributed by atoms with Crippen LogP contribution in [0.5, 0.6) is 0 Å². The summed E-state index contributed by atoms with van der Waals surface area (Å²) in [6.07, 6.45) is 0. The molecular formula is C18H16BN7O3. The molecule has 11 heteroatoms. The first-order valence-corrected chi connectivity index (χ1v) is 8.70. The summed E-state index contributed by atoms with van der Waals surface area (Å²) in [5, 5.41) is 30.4. The Labute approximate surface area is 165 Å². The molecule has 0 bridgehead atoms. The first-order valence-electron chi connectivity index (χ1n) is 8.70. The van der Waals surface area contributed by atoms with Crippen molar-refractivity contribution in [3.63, 3.8) is 0 Å². The van der Waals surface area contributed by atoms with Crippen LogP contribution in [0.4, 0.5) is 5.82 Å². The lowest BCUT2D eigenvalue weighted by molar-refractivity contribution is 0.0993. The van der Waals surface area contributed by atoms with Gasteiger partial charge < -0.3 is 21.1 Å². The molecule has 0 saturated carbocycles. The van der Waals surface area contributed by atoms with Crippen LogP contribution in [-0.2, 0) is 6.54 Å². The van der Waals surface area contributed by atoms with Crippen molar-refractivity contribution in [3.8, 4) is 11.5 Å². The molecule has 0 aliphatic rings. The third-order valence-electron chi connectivity index (χ3n) is 4.23. The number of primary amides is 1. The maximum absolute atomic E-state index is 11.6. The molecule has 29 heavy (non-hydrogen) atoms. The number of amides is 1. The Morgan fingerprint density at radius 1 is 1.10 bits per heavy atom. The fourth-order valence-electron chi connectivity index (χ4n) is 2.85. The van der Waals surface area contributed by atoms with E-state index in [0.717, 1.165) is 5.56 Å². The number of benzene rings is 1. The molecule has 0 spiro atoms. The van der Waals surface area contributed by atoms with Gasteiger partial charge in [-0.15, -0.1) is 5.10 Å². The summed E-state index contributed by atoms with van der Waals surface area (Å²) in [6.45, 7) is 0.478. The summed E-state index contributed by atoms with van der Waals surface area (Å²) in [4.78, 5) is 20.2. The van der Waals surface area contributed by atoms with Gasteiger partial charge in [0.15, 0.2) is 11.5 Å². The number of fused-ring (bicyclic) bond motifs is 1. The number of anilines is 1. The lowest BCUT2D eigenvalue weighted by atomic mass is 9.86. The zero-order chi connectivity index (χ0) is 20.4. The lowest BCUT2D eigenvalue weighted by Gasteiger charge is -2.09. The molecule has 0 aliphatic carbocycles. The monoisotopic (exact) mass is 389 g/mol. The van der Waals surface area contributed by atoms with E-state index in [1.54, 1.807) is 12.1 Å². The van der Waals surface area contributed by atoms with E-state index in [1.807, 2.05) is 30.3 Å². The van der Waals surface area contributed by atoms with E-state index >= 15 is 0 Å². The zero-order valence-electron chi connectivity index (χ0n) is 15.1. The lowest BCUT2D eigenvalue weighted by Crippen LogP contribution is -2.33. The number of aromatic nitrogens is 5. The van der Waals surface area contributed by atoms with Crippen LogP contribution in [0.1, 0.15) is 16.1 Å². The van der Waals surface area contributed by atoms with Crippen LogP contribution >= 0.6 is 0 Å². The predicted octanol–water partition coefficient (Wildman–Crippen LogP) is -0.423. The minimum atomic E-state index is -1.79. The fourth-order valence-corrected chi connectivity index (χ4v) is 2.85. The fraction of sp³-hybridized carbons (Fsp3) is 0.0556. The van der Waals surface area contributed by atoms with Gasteiger partial charge in [-0.2, -0.15) is 0 Å². The topological polar surface area (TPSA) is 152 Å². The van der Waals surface area contributed by atoms with Crippen LogP contribution < -0.4 is 16.6 Å². The molecule has 4 rings (SSSR count). The van der Waals surface area contributed by atoms with Crippen LogP contribution in [0.2, 0.25) is 0 Å². The minimum Gasteiger partial charge on any atom is -0.422 e. The number of hydrogen-bond donors (Lipinski definition) is 4. The van der Waals surface area contributed by atoms with Gasteiger partial charge in [-0.25, -0.2) is 14.5 Å². The van der Waals surface area contributed by atoms with Gasteiger partial charge in [0.1, 0.15) is 11.5 Å². The Bertz CT molecular complexity index is 1180. The molecule has 3 aromatic heterocycles. The molecule has 3 heterocycles. The van der Waals surface area contributed by atoms with Crippen molar-refractivity contribution < 1.29 is 14.8 Å². The second-order valence-electron chi connectivity index (χ2n) is 6.22. The van der Waals surface area contributed by atoms with Crippen LogP contribution in [0.25, 0.3) is 17.0 Å². The van der Waals surface area contributed by atoms with E-state index in [4.69, 9.17) is 5.73 Å². The molecule has 144 valence electrons. The Balaban J connectivity index is 1.75. The summed E-state index contributed by atoms with van der Waals surface area (Å²) in [7, 11) is -1.79. The summed E-state index contributed by atoms with van der Waals surface area (Å²) >= 11 is 0. The molecule has 10 nitrogen and oxygen atoms in total. The normalized spacial score (nSPS) is 10.8. The van der Waals surface area contributed by atoms with Crippen molar-refractivity contribution in [1.82, 2.24) is 24.8 Å². The number of carbonyl (C=O) groups is 1. The van der Waals surface area contributed by atoms with Gasteiger partial charge in [0.05, 0.1) is 11.1 Å². The molecule has 1 amide bonds. The van der Waals surface area contributed by atoms with Crippen molar-refractivity contribution in [2.45, 2.75) is 6.54 Å². The Hall–Kier alpha value is -3.83. The third kappa shape index (κ3) is 3.77. The maximum Gasteiger partial charge on any atom is 0.508 e. The predicted molar refractivity (Wildman–Crippen MR) is 106 cm³/mol. The standard InChI is InChI=1S/C18H16BN7O3/c20-17(27)13-8-4-7-12-16(24-25-26(12)13)18-22-14(19(28)29)9-15(23-18)21-10-11-5-2-1-3-6-11/h1-9,28-29H,10H2,(H2,20,27)(H,21,22,23). The largest absolute Gasteiger partial charge is 0.508 e. The van der Waals surface area contributed by atoms with E-state index < -0.39 is 13.0 Å². The quantitative estimate of drug-likeness (QED) is 0.325. The number of nitrogens with one attached hydrogen (secondary N) is 1. The minimum absolute atomic E-state index is 0.00207. The van der Waals surface area contributed by atoms with Crippen molar-refractivity contribution in [2.24, 2.45) is 5.73 Å². The van der Waals surface area contributed by atoms with Crippen LogP contribution in [0, 0.1) is 0 Å². The van der Waals surface area contributed by atoms with E-state index in [9.17, 15) is 14.8 Å². The van der Waals surface area contributed by atoms with E-state index in [1.165, 1.54) is 16.6 Å². The Morgan fingerprint density at radius 2 is 1.90 bits per heavy atom. The summed E-state index contributed by atoms with van der Waals surface area (Å²) < 4.78 is 1.29. The van der Waals surface area contributed by atoms with E-state index in [-0.39, 0.29) is 22.8 Å². The molecular weight excluding hydrogens is 373 g/mol. The molecule has 4 aromatic rings. The summed E-state index contributed by atoms with van der Waals surface area (Å²) in [5.41, 5.74) is 7.29. The summed E-state index contributed by atoms with van der Waals surface area (Å²) in [6, 6.07) is 16.0. The van der Waals surface area contributed by atoms with Gasteiger partial charge in [-0.3, -0.25) is 4.79 Å². The number of nitrogens with zero attached hydrogens (tertiary/aromatic N) is 5. The Kier molecular flexibility index (Phi) is 4.89. The van der Waals surface area contributed by atoms with Crippen LogP contribution in [-0.4, -0.2) is 47.9 Å². The highest BCUT2D eigenvalue weighted by Crippen LogP contribution is 2.20.